The highest BCUT2D eigenvalue weighted by atomic mass is 16.5. The summed E-state index contributed by atoms with van der Waals surface area (Å²) < 4.78 is 11.7. The van der Waals surface area contributed by atoms with Gasteiger partial charge < -0.3 is 14.5 Å². The minimum Gasteiger partial charge on any atom is -0.454 e. The van der Waals surface area contributed by atoms with Crippen molar-refractivity contribution < 1.29 is 18.7 Å². The second kappa shape index (κ2) is 9.25. The van der Waals surface area contributed by atoms with Crippen molar-refractivity contribution in [1.82, 2.24) is 14.9 Å². The lowest BCUT2D eigenvalue weighted by atomic mass is 10.1. The number of carbonyl (C=O) groups is 2. The molecular formula is C23H21N3O5. The smallest absolute Gasteiger partial charge is 0.326 e. The number of esters is 1. The molecule has 0 fully saturated rings. The Morgan fingerprint density at radius 2 is 1.84 bits per heavy atom. The maximum atomic E-state index is 12.6. The Labute approximate surface area is 177 Å². The maximum Gasteiger partial charge on any atom is 0.326 e. The number of rotatable bonds is 8. The number of aromatic nitrogens is 2. The molecule has 2 aromatic carbocycles. The summed E-state index contributed by atoms with van der Waals surface area (Å²) >= 11 is 0. The fourth-order valence-electron chi connectivity index (χ4n) is 3.27. The van der Waals surface area contributed by atoms with E-state index < -0.39 is 18.1 Å². The van der Waals surface area contributed by atoms with Crippen molar-refractivity contribution in [3.8, 4) is 0 Å². The van der Waals surface area contributed by atoms with Gasteiger partial charge in [0.25, 0.3) is 11.5 Å². The average Bonchev–Trinajstić information content (AvgIpc) is 3.17. The standard InChI is InChI=1S/C23H21N3O5/c27-19(24-12-6-9-16-7-2-1-3-8-16)14-30-20(28)13-26-15-25-21-17-10-4-5-11-18(17)31-22(21)23(26)29/h1-5,7-8,10-11,15H,6,9,12-14H2,(H,24,27). The maximum absolute atomic E-state index is 12.6. The molecule has 8 heteroatoms. The molecule has 0 atom stereocenters. The topological polar surface area (TPSA) is 103 Å². The van der Waals surface area contributed by atoms with E-state index >= 15 is 0 Å². The molecule has 0 spiro atoms. The molecule has 0 radical (unpaired) electrons. The number of ether oxygens (including phenoxy) is 1. The zero-order valence-corrected chi connectivity index (χ0v) is 16.7. The van der Waals surface area contributed by atoms with Gasteiger partial charge in [-0.15, -0.1) is 0 Å². The van der Waals surface area contributed by atoms with Crippen LogP contribution in [0.25, 0.3) is 22.1 Å². The van der Waals surface area contributed by atoms with Crippen molar-refractivity contribution in [3.05, 3.63) is 76.8 Å². The van der Waals surface area contributed by atoms with Crippen LogP contribution in [0.5, 0.6) is 0 Å². The summed E-state index contributed by atoms with van der Waals surface area (Å²) in [6, 6.07) is 17.1. The van der Waals surface area contributed by atoms with Crippen molar-refractivity contribution in [1.29, 1.82) is 0 Å². The molecule has 0 bridgehead atoms. The summed E-state index contributed by atoms with van der Waals surface area (Å²) in [5.41, 5.74) is 1.78. The third-order valence-electron chi connectivity index (χ3n) is 4.82. The molecule has 0 aliphatic rings. The van der Waals surface area contributed by atoms with E-state index in [1.807, 2.05) is 42.5 Å². The number of para-hydroxylation sites is 1. The van der Waals surface area contributed by atoms with Gasteiger partial charge in [-0.05, 0) is 30.5 Å². The molecule has 2 heterocycles. The van der Waals surface area contributed by atoms with Gasteiger partial charge in [-0.2, -0.15) is 0 Å². The van der Waals surface area contributed by atoms with Gasteiger partial charge in [0.15, 0.2) is 6.61 Å². The first-order chi connectivity index (χ1) is 15.1. The third kappa shape index (κ3) is 4.80. The fraction of sp³-hybridized carbons (Fsp3) is 0.217. The molecular weight excluding hydrogens is 398 g/mol. The summed E-state index contributed by atoms with van der Waals surface area (Å²) in [6.07, 6.45) is 2.90. The van der Waals surface area contributed by atoms with Crippen molar-refractivity contribution in [2.45, 2.75) is 19.4 Å². The lowest BCUT2D eigenvalue weighted by molar-refractivity contribution is -0.149. The minimum absolute atomic E-state index is 0.0765. The van der Waals surface area contributed by atoms with Crippen LogP contribution in [0.4, 0.5) is 0 Å². The van der Waals surface area contributed by atoms with Crippen LogP contribution >= 0.6 is 0 Å². The van der Waals surface area contributed by atoms with E-state index in [2.05, 4.69) is 10.3 Å². The molecule has 158 valence electrons. The number of fused-ring (bicyclic) bond motifs is 3. The Bertz CT molecular complexity index is 1280. The summed E-state index contributed by atoms with van der Waals surface area (Å²) in [7, 11) is 0. The number of carbonyl (C=O) groups excluding carboxylic acids is 2. The largest absolute Gasteiger partial charge is 0.454 e. The SMILES string of the molecule is O=C(COC(=O)Cn1cnc2c(oc3ccccc32)c1=O)NCCCc1ccccc1. The van der Waals surface area contributed by atoms with Crippen LogP contribution in [-0.2, 0) is 27.3 Å². The van der Waals surface area contributed by atoms with Crippen LogP contribution in [0.2, 0.25) is 0 Å². The van der Waals surface area contributed by atoms with Crippen LogP contribution in [0, 0.1) is 0 Å². The monoisotopic (exact) mass is 419 g/mol. The first-order valence-corrected chi connectivity index (χ1v) is 9.95. The number of amides is 1. The molecule has 1 N–H and O–H groups in total. The minimum atomic E-state index is -0.709. The summed E-state index contributed by atoms with van der Waals surface area (Å²) in [6.45, 7) is -0.281. The lowest BCUT2D eigenvalue weighted by Crippen LogP contribution is -2.31. The summed E-state index contributed by atoms with van der Waals surface area (Å²) in [4.78, 5) is 40.8. The van der Waals surface area contributed by atoms with E-state index in [0.717, 1.165) is 22.8 Å². The highest BCUT2D eigenvalue weighted by molar-refractivity contribution is 6.01. The Balaban J connectivity index is 1.27. The number of nitrogens with one attached hydrogen (secondary N) is 1. The zero-order chi connectivity index (χ0) is 21.6. The van der Waals surface area contributed by atoms with Crippen LogP contribution < -0.4 is 10.9 Å². The zero-order valence-electron chi connectivity index (χ0n) is 16.7. The molecule has 0 unspecified atom stereocenters. The number of aryl methyl sites for hydroxylation is 1. The average molecular weight is 419 g/mol. The number of nitrogens with zero attached hydrogens (tertiary/aromatic N) is 2. The second-order valence-corrected chi connectivity index (χ2v) is 7.05. The molecule has 4 rings (SSSR count). The molecule has 31 heavy (non-hydrogen) atoms. The normalized spacial score (nSPS) is 11.0. The summed E-state index contributed by atoms with van der Waals surface area (Å²) in [5.74, 6) is -1.10. The van der Waals surface area contributed by atoms with Gasteiger partial charge in [0.05, 0.1) is 6.33 Å². The van der Waals surface area contributed by atoms with Gasteiger partial charge in [0, 0.05) is 11.9 Å². The Morgan fingerprint density at radius 3 is 2.68 bits per heavy atom. The molecule has 0 saturated carbocycles. The number of furan rings is 1. The molecule has 0 aliphatic heterocycles. The van der Waals surface area contributed by atoms with Crippen LogP contribution in [0.15, 0.2) is 70.1 Å². The first kappa shape index (κ1) is 20.3. The van der Waals surface area contributed by atoms with Crippen molar-refractivity contribution >= 4 is 33.9 Å². The van der Waals surface area contributed by atoms with Crippen molar-refractivity contribution in [2.24, 2.45) is 0 Å². The molecule has 4 aromatic rings. The first-order valence-electron chi connectivity index (χ1n) is 9.95. The van der Waals surface area contributed by atoms with E-state index in [1.54, 1.807) is 12.1 Å². The second-order valence-electron chi connectivity index (χ2n) is 7.05. The van der Waals surface area contributed by atoms with Crippen LogP contribution in [0.3, 0.4) is 0 Å². The lowest BCUT2D eigenvalue weighted by Gasteiger charge is -2.08. The van der Waals surface area contributed by atoms with Crippen LogP contribution in [-0.4, -0.2) is 34.6 Å². The van der Waals surface area contributed by atoms with Gasteiger partial charge >= 0.3 is 5.97 Å². The van der Waals surface area contributed by atoms with Gasteiger partial charge in [-0.25, -0.2) is 4.98 Å². The van der Waals surface area contributed by atoms with E-state index in [0.29, 0.717) is 17.6 Å². The van der Waals surface area contributed by atoms with Crippen molar-refractivity contribution in [3.63, 3.8) is 0 Å². The Hall–Kier alpha value is -3.94. The molecule has 1 amide bonds. The highest BCUT2D eigenvalue weighted by Crippen LogP contribution is 2.23. The van der Waals surface area contributed by atoms with Gasteiger partial charge in [0.1, 0.15) is 17.6 Å². The van der Waals surface area contributed by atoms with Gasteiger partial charge in [0.2, 0.25) is 5.58 Å². The predicted octanol–water partition coefficient (Wildman–Crippen LogP) is 2.43. The number of hydrogen-bond acceptors (Lipinski definition) is 6. The predicted molar refractivity (Wildman–Crippen MR) is 115 cm³/mol. The third-order valence-corrected chi connectivity index (χ3v) is 4.82. The van der Waals surface area contributed by atoms with E-state index in [1.165, 1.54) is 11.9 Å². The van der Waals surface area contributed by atoms with Crippen LogP contribution in [0.1, 0.15) is 12.0 Å². The Morgan fingerprint density at radius 1 is 1.06 bits per heavy atom. The van der Waals surface area contributed by atoms with E-state index in [-0.39, 0.29) is 18.0 Å². The van der Waals surface area contributed by atoms with Crippen molar-refractivity contribution in [2.75, 3.05) is 13.2 Å². The van der Waals surface area contributed by atoms with Gasteiger partial charge in [-0.3, -0.25) is 19.0 Å². The molecule has 0 saturated heterocycles. The molecule has 0 aliphatic carbocycles. The summed E-state index contributed by atoms with van der Waals surface area (Å²) in [5, 5.41) is 3.44. The van der Waals surface area contributed by atoms with Gasteiger partial charge in [-0.1, -0.05) is 42.5 Å². The van der Waals surface area contributed by atoms with E-state index in [9.17, 15) is 14.4 Å². The quantitative estimate of drug-likeness (QED) is 0.348. The highest BCUT2D eigenvalue weighted by Gasteiger charge is 2.15. The molecule has 2 aromatic heterocycles. The molecule has 8 nitrogen and oxygen atoms in total. The van der Waals surface area contributed by atoms with E-state index in [4.69, 9.17) is 9.15 Å². The number of benzene rings is 2. The number of hydrogen-bond donors (Lipinski definition) is 1. The Kier molecular flexibility index (Phi) is 6.07. The fourth-order valence-corrected chi connectivity index (χ4v) is 3.27.